The summed E-state index contributed by atoms with van der Waals surface area (Å²) in [4.78, 5) is 56.5. The van der Waals surface area contributed by atoms with Gasteiger partial charge in [0.2, 0.25) is 27.7 Å². The Balaban J connectivity index is 0.000000784. The molecule has 1 aromatic heterocycles. The number of carboxylic acids is 1. The fourth-order valence-corrected chi connectivity index (χ4v) is 8.05. The number of ether oxygens (including phenoxy) is 3. The van der Waals surface area contributed by atoms with Gasteiger partial charge in [-0.2, -0.15) is 13.2 Å². The number of alkyl halides is 3. The van der Waals surface area contributed by atoms with Crippen LogP contribution in [0.3, 0.4) is 0 Å². The second kappa shape index (κ2) is 16.1. The number of amides is 3. The van der Waals surface area contributed by atoms with Crippen LogP contribution in [0.25, 0.3) is 10.8 Å². The van der Waals surface area contributed by atoms with Crippen LogP contribution in [0.4, 0.5) is 17.6 Å². The maximum absolute atomic E-state index is 14.7. The van der Waals surface area contributed by atoms with Crippen molar-refractivity contribution in [1.29, 1.82) is 0 Å². The van der Waals surface area contributed by atoms with Crippen LogP contribution in [0.2, 0.25) is 0 Å². The highest BCUT2D eigenvalue weighted by Gasteiger charge is 2.63. The monoisotopic (exact) mass is 815 g/mol. The molecule has 3 fully saturated rings. The van der Waals surface area contributed by atoms with Crippen LogP contribution in [0, 0.1) is 11.7 Å². The second-order valence-electron chi connectivity index (χ2n) is 14.7. The fraction of sp³-hybridized carbons (Fsp3) is 0.583. The number of fused-ring (bicyclic) bond motifs is 3. The number of allylic oxidation sites excluding steroid dienone is 1. The van der Waals surface area contributed by atoms with Crippen LogP contribution in [-0.4, -0.2) is 108 Å². The summed E-state index contributed by atoms with van der Waals surface area (Å²) in [5, 5.41) is 10.9. The third-order valence-corrected chi connectivity index (χ3v) is 12.7. The zero-order valence-corrected chi connectivity index (χ0v) is 31.9. The molecule has 2 aliphatic heterocycles. The summed E-state index contributed by atoms with van der Waals surface area (Å²) < 4.78 is 91.3. The summed E-state index contributed by atoms with van der Waals surface area (Å²) in [7, 11) is -2.62. The van der Waals surface area contributed by atoms with Crippen LogP contribution >= 0.6 is 0 Å². The molecule has 20 heteroatoms. The SMILES string of the molecule is CC[C@@H]1O[C@H](C)CC/C=C\[C@@H]2C[C@@]2(C(=O)NS(=O)(=O)C2(C)CC2)NC(=O)[C@@H]2C[C@@H](Oc3nccc4cc(OC)c(F)cc34)CN2C(=O)[C@H]1N.O=C(O)C(F)(F)F. The summed E-state index contributed by atoms with van der Waals surface area (Å²) in [6, 6.07) is 2.23. The molecule has 0 unspecified atom stereocenters. The highest BCUT2D eigenvalue weighted by atomic mass is 32.2. The van der Waals surface area contributed by atoms with Crippen molar-refractivity contribution in [3.05, 3.63) is 42.4 Å². The predicted octanol–water partition coefficient (Wildman–Crippen LogP) is 3.10. The molecule has 0 radical (unpaired) electrons. The highest BCUT2D eigenvalue weighted by molar-refractivity contribution is 7.91. The lowest BCUT2D eigenvalue weighted by atomic mass is 10.1. The molecule has 56 heavy (non-hydrogen) atoms. The van der Waals surface area contributed by atoms with Gasteiger partial charge in [0, 0.05) is 23.9 Å². The molecule has 4 aliphatic rings. The van der Waals surface area contributed by atoms with E-state index in [-0.39, 0.29) is 37.1 Å². The number of benzene rings is 1. The number of pyridine rings is 1. The van der Waals surface area contributed by atoms with Crippen molar-refractivity contribution in [3.8, 4) is 11.6 Å². The molecule has 308 valence electrons. The second-order valence-corrected chi connectivity index (χ2v) is 16.9. The van der Waals surface area contributed by atoms with Gasteiger partial charge in [0.1, 0.15) is 23.7 Å². The summed E-state index contributed by atoms with van der Waals surface area (Å²) in [5.74, 6) is -5.66. The highest BCUT2D eigenvalue weighted by Crippen LogP contribution is 2.47. The topological polar surface area (TPSA) is 217 Å². The molecule has 2 aliphatic carbocycles. The molecule has 7 atom stereocenters. The van der Waals surface area contributed by atoms with E-state index in [1.165, 1.54) is 30.3 Å². The number of halogens is 4. The van der Waals surface area contributed by atoms with Crippen molar-refractivity contribution in [2.24, 2.45) is 11.7 Å². The van der Waals surface area contributed by atoms with Gasteiger partial charge in [-0.25, -0.2) is 22.6 Å². The summed E-state index contributed by atoms with van der Waals surface area (Å²) in [5.41, 5.74) is 5.00. The number of nitrogens with zero attached hydrogens (tertiary/aromatic N) is 2. The van der Waals surface area contributed by atoms with Crippen LogP contribution in [-0.2, 0) is 33.9 Å². The Labute approximate surface area is 320 Å². The molecule has 15 nitrogen and oxygen atoms in total. The van der Waals surface area contributed by atoms with Gasteiger partial charge in [0.25, 0.3) is 5.91 Å². The van der Waals surface area contributed by atoms with Gasteiger partial charge in [0.05, 0.1) is 30.6 Å². The number of nitrogens with two attached hydrogens (primary N) is 1. The average molecular weight is 816 g/mol. The van der Waals surface area contributed by atoms with Crippen LogP contribution in [0.1, 0.15) is 65.7 Å². The van der Waals surface area contributed by atoms with Gasteiger partial charge in [-0.15, -0.1) is 0 Å². The smallest absolute Gasteiger partial charge is 0.490 e. The molecule has 3 amide bonds. The molecular formula is C36H45F4N5O10S. The molecule has 5 N–H and O–H groups in total. The van der Waals surface area contributed by atoms with E-state index in [0.29, 0.717) is 42.9 Å². The van der Waals surface area contributed by atoms with E-state index in [0.717, 1.165) is 0 Å². The quantitative estimate of drug-likeness (QED) is 0.234. The number of sulfonamides is 1. The molecule has 2 aromatic rings. The van der Waals surface area contributed by atoms with Crippen molar-refractivity contribution in [2.45, 2.75) is 113 Å². The van der Waals surface area contributed by atoms with E-state index in [4.69, 9.17) is 29.8 Å². The summed E-state index contributed by atoms with van der Waals surface area (Å²) >= 11 is 0. The molecule has 6 rings (SSSR count). The van der Waals surface area contributed by atoms with E-state index in [9.17, 15) is 40.4 Å². The zero-order valence-electron chi connectivity index (χ0n) is 31.1. The maximum atomic E-state index is 14.7. The van der Waals surface area contributed by atoms with Crippen molar-refractivity contribution < 1.29 is 64.5 Å². The van der Waals surface area contributed by atoms with Gasteiger partial charge in [-0.3, -0.25) is 19.1 Å². The third-order valence-electron chi connectivity index (χ3n) is 10.6. The molecule has 0 bridgehead atoms. The van der Waals surface area contributed by atoms with Gasteiger partial charge in [-0.05, 0) is 76.0 Å². The standard InChI is InChI=1S/C34H44FN5O8S.C2HF3O2/c1-5-26-28(36)31(42)40-18-22(48-30-23-16-24(35)27(46-4)14-20(23)10-13-37-30)15-25(40)29(41)38-34(17-21(34)9-7-6-8-19(2)47-26)32(43)39-49(44,45)33(3)11-12-33;3-2(4,5)1(6)7/h7,9-10,13-14,16,19,21-22,25-26,28H,5-6,8,11-12,15,17-18,36H2,1-4H3,(H,38,41)(H,39,43);(H,6,7)/b9-7-;/t19-,21-,22-,25+,26+,28+,34-;/m1./s1. The van der Waals surface area contributed by atoms with E-state index in [2.05, 4.69) is 15.0 Å². The lowest BCUT2D eigenvalue weighted by Crippen LogP contribution is -2.59. The molecular weight excluding hydrogens is 770 g/mol. The average Bonchev–Trinajstić information content (AvgIpc) is 4.01. The number of rotatable bonds is 7. The van der Waals surface area contributed by atoms with Crippen molar-refractivity contribution >= 4 is 44.5 Å². The first kappa shape index (κ1) is 42.6. The first-order valence-corrected chi connectivity index (χ1v) is 19.5. The van der Waals surface area contributed by atoms with E-state index in [1.807, 2.05) is 26.0 Å². The van der Waals surface area contributed by atoms with Crippen molar-refractivity contribution in [1.82, 2.24) is 19.9 Å². The molecule has 1 saturated heterocycles. The van der Waals surface area contributed by atoms with Gasteiger partial charge < -0.3 is 35.3 Å². The molecule has 0 spiro atoms. The first-order valence-electron chi connectivity index (χ1n) is 18.0. The summed E-state index contributed by atoms with van der Waals surface area (Å²) in [6.45, 7) is 5.29. The van der Waals surface area contributed by atoms with Gasteiger partial charge >= 0.3 is 12.1 Å². The van der Waals surface area contributed by atoms with Gasteiger partial charge in [-0.1, -0.05) is 19.1 Å². The predicted molar refractivity (Wildman–Crippen MR) is 191 cm³/mol. The minimum absolute atomic E-state index is 0.00360. The number of carboxylic acid groups (broad SMARTS) is 1. The number of hydrogen-bond donors (Lipinski definition) is 4. The zero-order chi connectivity index (χ0) is 41.4. The molecule has 3 heterocycles. The lowest BCUT2D eigenvalue weighted by molar-refractivity contribution is -0.192. The number of nitrogens with one attached hydrogen (secondary N) is 2. The Morgan fingerprint density at radius 1 is 1.23 bits per heavy atom. The van der Waals surface area contributed by atoms with E-state index >= 15 is 0 Å². The van der Waals surface area contributed by atoms with E-state index in [1.54, 1.807) is 13.0 Å². The number of hydrogen-bond acceptors (Lipinski definition) is 11. The molecule has 2 saturated carbocycles. The number of methoxy groups -OCH3 is 1. The summed E-state index contributed by atoms with van der Waals surface area (Å²) in [6.07, 6.45) is 1.24. The minimum atomic E-state index is -5.08. The van der Waals surface area contributed by atoms with Gasteiger partial charge in [0.15, 0.2) is 11.6 Å². The third kappa shape index (κ3) is 9.01. The number of carbonyl (C=O) groups excluding carboxylic acids is 3. The van der Waals surface area contributed by atoms with Crippen molar-refractivity contribution in [2.75, 3.05) is 13.7 Å². The maximum Gasteiger partial charge on any atom is 0.490 e. The first-order chi connectivity index (χ1) is 26.2. The Hall–Kier alpha value is -4.56. The Bertz CT molecular complexity index is 2000. The van der Waals surface area contributed by atoms with Crippen LogP contribution in [0.15, 0.2) is 36.5 Å². The van der Waals surface area contributed by atoms with Crippen LogP contribution < -0.4 is 25.2 Å². The number of aliphatic carboxylic acids is 1. The fourth-order valence-electron chi connectivity index (χ4n) is 6.74. The Morgan fingerprint density at radius 3 is 2.52 bits per heavy atom. The minimum Gasteiger partial charge on any atom is -0.494 e. The normalized spacial score (nSPS) is 29.6. The van der Waals surface area contributed by atoms with Crippen LogP contribution in [0.5, 0.6) is 11.6 Å². The lowest BCUT2D eigenvalue weighted by Gasteiger charge is -2.32. The van der Waals surface area contributed by atoms with E-state index < -0.39 is 86.2 Å². The molecule has 1 aromatic carbocycles. The Morgan fingerprint density at radius 2 is 1.91 bits per heavy atom. The Kier molecular flexibility index (Phi) is 12.3. The number of aromatic nitrogens is 1. The number of carbonyl (C=O) groups is 4. The largest absolute Gasteiger partial charge is 0.494 e. The van der Waals surface area contributed by atoms with Crippen molar-refractivity contribution in [3.63, 3.8) is 0 Å².